The highest BCUT2D eigenvalue weighted by Crippen LogP contribution is 2.24. The van der Waals surface area contributed by atoms with Crippen LogP contribution in [0.5, 0.6) is 0 Å². The van der Waals surface area contributed by atoms with Crippen LogP contribution in [0.1, 0.15) is 40.5 Å². The smallest absolute Gasteiger partial charge is 0.00191 e. The third kappa shape index (κ3) is 9.08. The van der Waals surface area contributed by atoms with Crippen LogP contribution in [0.4, 0.5) is 0 Å². The summed E-state index contributed by atoms with van der Waals surface area (Å²) in [6.45, 7) is 8.95. The van der Waals surface area contributed by atoms with Gasteiger partial charge in [-0.25, -0.2) is 0 Å². The molecule has 0 heterocycles. The maximum Gasteiger partial charge on any atom is 0.00191 e. The first-order valence-corrected chi connectivity index (χ1v) is 4.15. The molecule has 0 radical (unpaired) electrons. The van der Waals surface area contributed by atoms with E-state index in [0.29, 0.717) is 10.7 Å². The summed E-state index contributed by atoms with van der Waals surface area (Å²) in [5.41, 5.74) is 0.447. The molecule has 0 aliphatic heterocycles. The Bertz CT molecular complexity index is 75.8. The highest BCUT2D eigenvalue weighted by molar-refractivity contribution is 14.0. The molecular weight excluding hydrogens is 255 g/mol. The fourth-order valence-corrected chi connectivity index (χ4v) is 1.40. The van der Waals surface area contributed by atoms with E-state index in [4.69, 9.17) is 0 Å². The van der Waals surface area contributed by atoms with Gasteiger partial charge >= 0.3 is 0 Å². The number of rotatable bonds is 2. The van der Waals surface area contributed by atoms with Gasteiger partial charge in [0, 0.05) is 5.25 Å². The van der Waals surface area contributed by atoms with Gasteiger partial charge in [0.25, 0.3) is 0 Å². The lowest BCUT2D eigenvalue weighted by Gasteiger charge is -2.21. The van der Waals surface area contributed by atoms with Gasteiger partial charge in [-0.15, -0.1) is 24.0 Å². The maximum atomic E-state index is 4.42. The predicted molar refractivity (Wildman–Crippen MR) is 62.6 cm³/mol. The molecule has 0 nitrogen and oxygen atoms in total. The molecule has 0 spiro atoms. The maximum absolute atomic E-state index is 4.42. The first-order chi connectivity index (χ1) is 3.95. The Balaban J connectivity index is 0. The molecule has 1 atom stereocenters. The largest absolute Gasteiger partial charge is 0.176 e. The highest BCUT2D eigenvalue weighted by atomic mass is 127. The second-order valence-electron chi connectivity index (χ2n) is 3.83. The number of halogens is 1. The van der Waals surface area contributed by atoms with Crippen LogP contribution in [-0.4, -0.2) is 5.25 Å². The van der Waals surface area contributed by atoms with Crippen molar-refractivity contribution in [2.75, 3.05) is 0 Å². The lowest BCUT2D eigenvalue weighted by Crippen LogP contribution is -2.12. The van der Waals surface area contributed by atoms with E-state index < -0.39 is 0 Å². The fraction of sp³-hybridized carbons (Fsp3) is 1.00. The Kier molecular flexibility index (Phi) is 7.78. The van der Waals surface area contributed by atoms with Crippen molar-refractivity contribution in [1.29, 1.82) is 0 Å². The molecule has 0 rings (SSSR count). The molecule has 0 aliphatic carbocycles. The zero-order valence-corrected chi connectivity index (χ0v) is 10.6. The van der Waals surface area contributed by atoms with E-state index in [2.05, 4.69) is 40.3 Å². The topological polar surface area (TPSA) is 0 Å². The first-order valence-electron chi connectivity index (χ1n) is 3.64. The Morgan fingerprint density at radius 1 is 1.30 bits per heavy atom. The summed E-state index contributed by atoms with van der Waals surface area (Å²) < 4.78 is 0. The molecule has 0 saturated heterocycles. The highest BCUT2D eigenvalue weighted by Gasteiger charge is 2.13. The van der Waals surface area contributed by atoms with Crippen LogP contribution in [0, 0.1) is 5.41 Å². The molecule has 0 aromatic rings. The summed E-state index contributed by atoms with van der Waals surface area (Å²) in [7, 11) is 0. The summed E-state index contributed by atoms with van der Waals surface area (Å²) >= 11 is 4.42. The molecule has 0 amide bonds. The Labute approximate surface area is 87.6 Å². The molecule has 1 unspecified atom stereocenters. The van der Waals surface area contributed by atoms with Gasteiger partial charge < -0.3 is 0 Å². The Hall–Kier alpha value is 1.08. The Morgan fingerprint density at radius 3 is 1.80 bits per heavy atom. The van der Waals surface area contributed by atoms with E-state index in [1.54, 1.807) is 0 Å². The minimum absolute atomic E-state index is 0. The molecule has 0 aliphatic rings. The van der Waals surface area contributed by atoms with Crippen molar-refractivity contribution in [1.82, 2.24) is 0 Å². The van der Waals surface area contributed by atoms with E-state index in [9.17, 15) is 0 Å². The molecule has 10 heavy (non-hydrogen) atoms. The summed E-state index contributed by atoms with van der Waals surface area (Å²) in [5, 5.41) is 0.588. The van der Waals surface area contributed by atoms with Gasteiger partial charge in [0.15, 0.2) is 0 Å². The summed E-state index contributed by atoms with van der Waals surface area (Å²) in [6.07, 6.45) is 2.40. The number of hydrogen-bond acceptors (Lipinski definition) is 1. The summed E-state index contributed by atoms with van der Waals surface area (Å²) in [4.78, 5) is 0. The van der Waals surface area contributed by atoms with E-state index in [1.807, 2.05) is 0 Å². The first kappa shape index (κ1) is 13.7. The SMILES string of the molecule is CCC(S)CC(C)(C)C.I. The average molecular weight is 274 g/mol. The fourth-order valence-electron chi connectivity index (χ4n) is 0.851. The van der Waals surface area contributed by atoms with E-state index in [1.165, 1.54) is 12.8 Å². The minimum atomic E-state index is 0. The molecule has 0 aromatic carbocycles. The van der Waals surface area contributed by atoms with Crippen LogP contribution >= 0.6 is 36.6 Å². The second kappa shape index (κ2) is 5.70. The van der Waals surface area contributed by atoms with Crippen LogP contribution < -0.4 is 0 Å². The third-order valence-corrected chi connectivity index (χ3v) is 1.87. The van der Waals surface area contributed by atoms with Gasteiger partial charge in [0.2, 0.25) is 0 Å². The van der Waals surface area contributed by atoms with Crippen LogP contribution in [-0.2, 0) is 0 Å². The zero-order valence-electron chi connectivity index (χ0n) is 7.35. The normalized spacial score (nSPS) is 14.1. The van der Waals surface area contributed by atoms with Crippen molar-refractivity contribution < 1.29 is 0 Å². The van der Waals surface area contributed by atoms with Gasteiger partial charge in [-0.3, -0.25) is 0 Å². The third-order valence-electron chi connectivity index (χ3n) is 1.32. The van der Waals surface area contributed by atoms with Crippen molar-refractivity contribution >= 4 is 36.6 Å². The van der Waals surface area contributed by atoms with Crippen molar-refractivity contribution in [3.05, 3.63) is 0 Å². The predicted octanol–water partition coefficient (Wildman–Crippen LogP) is 3.75. The minimum Gasteiger partial charge on any atom is -0.176 e. The molecule has 0 fully saturated rings. The standard InChI is InChI=1S/C8H18S.HI/c1-5-7(9)6-8(2,3)4;/h7,9H,5-6H2,1-4H3;1H. The monoisotopic (exact) mass is 274 g/mol. The second-order valence-corrected chi connectivity index (χ2v) is 4.56. The molecule has 0 aromatic heterocycles. The van der Waals surface area contributed by atoms with Crippen LogP contribution in [0.25, 0.3) is 0 Å². The van der Waals surface area contributed by atoms with Crippen molar-refractivity contribution in [3.8, 4) is 0 Å². The van der Waals surface area contributed by atoms with Gasteiger partial charge in [-0.05, 0) is 18.3 Å². The van der Waals surface area contributed by atoms with E-state index >= 15 is 0 Å². The molecule has 0 N–H and O–H groups in total. The molecular formula is C8H19IS. The van der Waals surface area contributed by atoms with E-state index in [0.717, 1.165) is 0 Å². The van der Waals surface area contributed by atoms with Crippen molar-refractivity contribution in [2.45, 2.75) is 45.8 Å². The van der Waals surface area contributed by atoms with Crippen LogP contribution in [0.2, 0.25) is 0 Å². The number of thiol groups is 1. The van der Waals surface area contributed by atoms with Crippen LogP contribution in [0.3, 0.4) is 0 Å². The molecule has 0 bridgehead atoms. The van der Waals surface area contributed by atoms with Crippen molar-refractivity contribution in [3.63, 3.8) is 0 Å². The summed E-state index contributed by atoms with van der Waals surface area (Å²) in [5.74, 6) is 0. The van der Waals surface area contributed by atoms with Gasteiger partial charge in [0.1, 0.15) is 0 Å². The molecule has 0 saturated carbocycles. The van der Waals surface area contributed by atoms with Gasteiger partial charge in [0.05, 0.1) is 0 Å². The quantitative estimate of drug-likeness (QED) is 0.575. The average Bonchev–Trinajstić information content (AvgIpc) is 1.62. The van der Waals surface area contributed by atoms with Crippen LogP contribution in [0.15, 0.2) is 0 Å². The van der Waals surface area contributed by atoms with E-state index in [-0.39, 0.29) is 24.0 Å². The van der Waals surface area contributed by atoms with Gasteiger partial charge in [-0.2, -0.15) is 12.6 Å². The van der Waals surface area contributed by atoms with Gasteiger partial charge in [-0.1, -0.05) is 27.7 Å². The number of hydrogen-bond donors (Lipinski definition) is 1. The lowest BCUT2D eigenvalue weighted by atomic mass is 9.90. The Morgan fingerprint density at radius 2 is 1.70 bits per heavy atom. The lowest BCUT2D eigenvalue weighted by molar-refractivity contribution is 0.370. The zero-order chi connectivity index (χ0) is 7.49. The summed E-state index contributed by atoms with van der Waals surface area (Å²) in [6, 6.07) is 0. The molecule has 64 valence electrons. The van der Waals surface area contributed by atoms with Crippen molar-refractivity contribution in [2.24, 2.45) is 5.41 Å². The molecule has 2 heteroatoms.